The van der Waals surface area contributed by atoms with Gasteiger partial charge in [-0.15, -0.1) is 0 Å². The van der Waals surface area contributed by atoms with Gasteiger partial charge in [0, 0.05) is 12.0 Å². The average Bonchev–Trinajstić information content (AvgIpc) is 2.60. The van der Waals surface area contributed by atoms with Crippen LogP contribution >= 0.6 is 0 Å². The summed E-state index contributed by atoms with van der Waals surface area (Å²) in [6.07, 6.45) is 0.709. The molecule has 1 N–H and O–H groups in total. The van der Waals surface area contributed by atoms with Gasteiger partial charge in [0.15, 0.2) is 0 Å². The summed E-state index contributed by atoms with van der Waals surface area (Å²) in [6, 6.07) is 20.4. The third-order valence-electron chi connectivity index (χ3n) is 5.31. The van der Waals surface area contributed by atoms with Gasteiger partial charge in [0.2, 0.25) is 0 Å². The summed E-state index contributed by atoms with van der Waals surface area (Å²) in [5, 5.41) is 9.93. The molecule has 0 heterocycles. The molecule has 0 spiro atoms. The molecule has 0 amide bonds. The summed E-state index contributed by atoms with van der Waals surface area (Å²) in [4.78, 5) is 14.2. The van der Waals surface area contributed by atoms with E-state index in [2.05, 4.69) is 36.1 Å². The molecule has 0 bridgehead atoms. The molecule has 0 saturated heterocycles. The number of nitrogens with zero attached hydrogens (tertiary/aromatic N) is 1. The number of aliphatic carboxylic acids is 1. The van der Waals surface area contributed by atoms with Crippen LogP contribution < -0.4 is 0 Å². The third kappa shape index (κ3) is 4.29. The number of rotatable bonds is 8. The van der Waals surface area contributed by atoms with E-state index in [1.54, 1.807) is 0 Å². The van der Waals surface area contributed by atoms with Crippen LogP contribution in [0.25, 0.3) is 0 Å². The molecule has 0 aromatic heterocycles. The molecule has 2 aromatic rings. The van der Waals surface area contributed by atoms with Crippen molar-refractivity contribution >= 4 is 5.97 Å². The molecular weight excluding hydrogens is 310 g/mol. The second kappa shape index (κ2) is 8.30. The minimum absolute atomic E-state index is 0.177. The topological polar surface area (TPSA) is 40.5 Å². The Morgan fingerprint density at radius 2 is 1.52 bits per heavy atom. The summed E-state index contributed by atoms with van der Waals surface area (Å²) in [5.74, 6) is -1.06. The van der Waals surface area contributed by atoms with Crippen molar-refractivity contribution < 1.29 is 9.90 Å². The molecule has 2 rings (SSSR count). The first-order valence-electron chi connectivity index (χ1n) is 8.85. The van der Waals surface area contributed by atoms with Crippen LogP contribution in [-0.2, 0) is 16.6 Å². The van der Waals surface area contributed by atoms with Gasteiger partial charge in [-0.1, -0.05) is 74.5 Å². The molecule has 0 aliphatic rings. The summed E-state index contributed by atoms with van der Waals surface area (Å²) >= 11 is 0. The van der Waals surface area contributed by atoms with Crippen LogP contribution in [0.1, 0.15) is 25.0 Å². The zero-order valence-electron chi connectivity index (χ0n) is 15.6. The zero-order chi connectivity index (χ0) is 18.4. The SMILES string of the molecule is CC(CN(C)C)C(Cc1ccccc1)(c1ccccc1)C(C)C(=O)O. The minimum Gasteiger partial charge on any atom is -0.481 e. The molecule has 0 saturated carbocycles. The fourth-order valence-corrected chi connectivity index (χ4v) is 4.00. The van der Waals surface area contributed by atoms with E-state index >= 15 is 0 Å². The van der Waals surface area contributed by atoms with Crippen LogP contribution in [0.3, 0.4) is 0 Å². The van der Waals surface area contributed by atoms with Crippen molar-refractivity contribution in [2.24, 2.45) is 11.8 Å². The molecule has 25 heavy (non-hydrogen) atoms. The van der Waals surface area contributed by atoms with Crippen molar-refractivity contribution in [3.05, 3.63) is 71.8 Å². The standard InChI is InChI=1S/C22H29NO2/c1-17(16-23(3)4)22(18(2)21(24)25,20-13-9-6-10-14-20)15-19-11-7-5-8-12-19/h5-14,17-18H,15-16H2,1-4H3,(H,24,25). The second-order valence-electron chi connectivity index (χ2n) is 7.29. The molecule has 0 fully saturated rings. The molecular formula is C22H29NO2. The van der Waals surface area contributed by atoms with Crippen LogP contribution in [0.5, 0.6) is 0 Å². The highest BCUT2D eigenvalue weighted by Crippen LogP contribution is 2.43. The lowest BCUT2D eigenvalue weighted by Crippen LogP contribution is -2.48. The van der Waals surface area contributed by atoms with Crippen molar-refractivity contribution in [3.63, 3.8) is 0 Å². The van der Waals surface area contributed by atoms with E-state index in [-0.39, 0.29) is 5.92 Å². The van der Waals surface area contributed by atoms with E-state index in [1.165, 1.54) is 5.56 Å². The monoisotopic (exact) mass is 339 g/mol. The maximum Gasteiger partial charge on any atom is 0.307 e. The van der Waals surface area contributed by atoms with Crippen molar-refractivity contribution in [1.29, 1.82) is 0 Å². The first kappa shape index (κ1) is 19.2. The molecule has 0 aliphatic carbocycles. The number of carboxylic acid groups (broad SMARTS) is 1. The third-order valence-corrected chi connectivity index (χ3v) is 5.31. The predicted octanol–water partition coefficient (Wildman–Crippen LogP) is 4.09. The van der Waals surface area contributed by atoms with Gasteiger partial charge in [0.05, 0.1) is 5.92 Å². The average molecular weight is 339 g/mol. The summed E-state index contributed by atoms with van der Waals surface area (Å²) in [6.45, 7) is 4.86. The fraction of sp³-hybridized carbons (Fsp3) is 0.409. The highest BCUT2D eigenvalue weighted by atomic mass is 16.4. The van der Waals surface area contributed by atoms with Gasteiger partial charge in [-0.25, -0.2) is 0 Å². The lowest BCUT2D eigenvalue weighted by atomic mass is 9.60. The maximum atomic E-state index is 12.1. The van der Waals surface area contributed by atoms with Gasteiger partial charge in [0.1, 0.15) is 0 Å². The van der Waals surface area contributed by atoms with Gasteiger partial charge in [0.25, 0.3) is 0 Å². The predicted molar refractivity (Wildman–Crippen MR) is 103 cm³/mol. The van der Waals surface area contributed by atoms with Gasteiger partial charge >= 0.3 is 5.97 Å². The highest BCUT2D eigenvalue weighted by molar-refractivity contribution is 5.72. The van der Waals surface area contributed by atoms with Crippen molar-refractivity contribution in [3.8, 4) is 0 Å². The number of hydrogen-bond acceptors (Lipinski definition) is 2. The van der Waals surface area contributed by atoms with Crippen LogP contribution in [0, 0.1) is 11.8 Å². The van der Waals surface area contributed by atoms with Crippen molar-refractivity contribution in [2.75, 3.05) is 20.6 Å². The van der Waals surface area contributed by atoms with Crippen LogP contribution in [0.15, 0.2) is 60.7 Å². The van der Waals surface area contributed by atoms with E-state index < -0.39 is 17.3 Å². The number of carboxylic acids is 1. The second-order valence-corrected chi connectivity index (χ2v) is 7.29. The Morgan fingerprint density at radius 3 is 2.00 bits per heavy atom. The van der Waals surface area contributed by atoms with Crippen molar-refractivity contribution in [1.82, 2.24) is 4.90 Å². The van der Waals surface area contributed by atoms with E-state index in [9.17, 15) is 9.90 Å². The van der Waals surface area contributed by atoms with E-state index in [4.69, 9.17) is 0 Å². The first-order chi connectivity index (χ1) is 11.9. The van der Waals surface area contributed by atoms with Gasteiger partial charge in [-0.2, -0.15) is 0 Å². The summed E-state index contributed by atoms with van der Waals surface area (Å²) < 4.78 is 0. The van der Waals surface area contributed by atoms with E-state index in [1.807, 2.05) is 57.4 Å². The smallest absolute Gasteiger partial charge is 0.307 e. The van der Waals surface area contributed by atoms with E-state index in [0.29, 0.717) is 6.42 Å². The largest absolute Gasteiger partial charge is 0.481 e. The minimum atomic E-state index is -0.745. The molecule has 2 aromatic carbocycles. The van der Waals surface area contributed by atoms with Crippen molar-refractivity contribution in [2.45, 2.75) is 25.7 Å². The molecule has 3 nitrogen and oxygen atoms in total. The zero-order valence-corrected chi connectivity index (χ0v) is 15.6. The highest BCUT2D eigenvalue weighted by Gasteiger charge is 2.46. The molecule has 134 valence electrons. The summed E-state index contributed by atoms with van der Waals surface area (Å²) in [5.41, 5.74) is 1.80. The Kier molecular flexibility index (Phi) is 6.38. The number of hydrogen-bond donors (Lipinski definition) is 1. The lowest BCUT2D eigenvalue weighted by molar-refractivity contribution is -0.144. The number of carbonyl (C=O) groups is 1. The molecule has 3 atom stereocenters. The van der Waals surface area contributed by atoms with Crippen LogP contribution in [0.2, 0.25) is 0 Å². The Hall–Kier alpha value is -2.13. The molecule has 3 heteroatoms. The lowest BCUT2D eigenvalue weighted by Gasteiger charge is -2.44. The van der Waals surface area contributed by atoms with Gasteiger partial charge < -0.3 is 10.0 Å². The maximum absolute atomic E-state index is 12.1. The fourth-order valence-electron chi connectivity index (χ4n) is 4.00. The Labute approximate surface area is 151 Å². The normalized spacial score (nSPS) is 16.2. The summed E-state index contributed by atoms with van der Waals surface area (Å²) in [7, 11) is 4.08. The van der Waals surface area contributed by atoms with Gasteiger partial charge in [-0.05, 0) is 37.6 Å². The Morgan fingerprint density at radius 1 is 1.00 bits per heavy atom. The number of benzene rings is 2. The molecule has 0 radical (unpaired) electrons. The van der Waals surface area contributed by atoms with E-state index in [0.717, 1.165) is 12.1 Å². The quantitative estimate of drug-likeness (QED) is 0.787. The van der Waals surface area contributed by atoms with Crippen LogP contribution in [0.4, 0.5) is 0 Å². The Balaban J connectivity index is 2.61. The Bertz CT molecular complexity index is 669. The van der Waals surface area contributed by atoms with Crippen LogP contribution in [-0.4, -0.2) is 36.6 Å². The van der Waals surface area contributed by atoms with Gasteiger partial charge in [-0.3, -0.25) is 4.79 Å². The molecule has 3 unspecified atom stereocenters. The first-order valence-corrected chi connectivity index (χ1v) is 8.85. The molecule has 0 aliphatic heterocycles.